The fourth-order valence-electron chi connectivity index (χ4n) is 2.56. The monoisotopic (exact) mass is 284 g/mol. The van der Waals surface area contributed by atoms with E-state index in [1.165, 1.54) is 0 Å². The van der Waals surface area contributed by atoms with Crippen LogP contribution in [0.3, 0.4) is 0 Å². The number of hydrogen-bond donors (Lipinski definition) is 0. The Morgan fingerprint density at radius 1 is 1.33 bits per heavy atom. The van der Waals surface area contributed by atoms with Crippen molar-refractivity contribution in [2.45, 2.75) is 25.9 Å². The first-order chi connectivity index (χ1) is 10.2. The van der Waals surface area contributed by atoms with E-state index >= 15 is 0 Å². The van der Waals surface area contributed by atoms with Gasteiger partial charge < -0.3 is 9.64 Å². The van der Waals surface area contributed by atoms with E-state index in [9.17, 15) is 0 Å². The van der Waals surface area contributed by atoms with Crippen molar-refractivity contribution >= 4 is 12.3 Å². The van der Waals surface area contributed by atoms with Crippen molar-refractivity contribution in [1.82, 2.24) is 4.90 Å². The highest BCUT2D eigenvalue weighted by Crippen LogP contribution is 2.29. The van der Waals surface area contributed by atoms with Crippen molar-refractivity contribution in [3.63, 3.8) is 0 Å². The number of ether oxygens (including phenoxy) is 1. The molecule has 112 valence electrons. The number of piperidine rings is 1. The molecule has 1 saturated heterocycles. The molecule has 1 fully saturated rings. The highest BCUT2D eigenvalue weighted by Gasteiger charge is 2.19. The van der Waals surface area contributed by atoms with Gasteiger partial charge in [-0.15, -0.1) is 0 Å². The lowest BCUT2D eigenvalue weighted by Gasteiger charge is -2.30. The minimum absolute atomic E-state index is 0.307. The van der Waals surface area contributed by atoms with Gasteiger partial charge >= 0.3 is 0 Å². The van der Waals surface area contributed by atoms with E-state index in [0.717, 1.165) is 42.8 Å². The zero-order valence-corrected chi connectivity index (χ0v) is 13.0. The minimum Gasteiger partial charge on any atom is -0.490 e. The quantitative estimate of drug-likeness (QED) is 0.607. The van der Waals surface area contributed by atoms with Crippen LogP contribution >= 0.6 is 0 Å². The number of nitrogens with zero attached hydrogens (tertiary/aromatic N) is 2. The molecular weight excluding hydrogens is 260 g/mol. The molecule has 3 heteroatoms. The zero-order chi connectivity index (χ0) is 15.1. The number of allylic oxidation sites excluding steroid dienone is 3. The second kappa shape index (κ2) is 7.79. The molecule has 21 heavy (non-hydrogen) atoms. The summed E-state index contributed by atoms with van der Waals surface area (Å²) in [5, 5.41) is 0. The summed E-state index contributed by atoms with van der Waals surface area (Å²) in [5.74, 6) is 0.953. The predicted molar refractivity (Wildman–Crippen MR) is 89.9 cm³/mol. The smallest absolute Gasteiger partial charge is 0.127 e. The summed E-state index contributed by atoms with van der Waals surface area (Å²) in [5.41, 5.74) is 2.21. The molecule has 0 unspecified atom stereocenters. The third-order valence-corrected chi connectivity index (χ3v) is 3.83. The summed E-state index contributed by atoms with van der Waals surface area (Å²) in [6, 6.07) is 8.20. The van der Waals surface area contributed by atoms with Crippen LogP contribution in [0.5, 0.6) is 5.75 Å². The second-order valence-corrected chi connectivity index (χ2v) is 5.36. The molecule has 2 rings (SSSR count). The largest absolute Gasteiger partial charge is 0.490 e. The number of benzene rings is 1. The van der Waals surface area contributed by atoms with Crippen LogP contribution < -0.4 is 4.74 Å². The van der Waals surface area contributed by atoms with Gasteiger partial charge in [-0.05, 0) is 51.2 Å². The molecule has 1 aromatic rings. The lowest BCUT2D eigenvalue weighted by molar-refractivity contribution is 0.114. The van der Waals surface area contributed by atoms with Gasteiger partial charge in [0.05, 0.1) is 0 Å². The van der Waals surface area contributed by atoms with Crippen molar-refractivity contribution in [2.24, 2.45) is 4.99 Å². The van der Waals surface area contributed by atoms with Crippen LogP contribution in [0.2, 0.25) is 0 Å². The van der Waals surface area contributed by atoms with E-state index < -0.39 is 0 Å². The maximum atomic E-state index is 6.25. The normalized spacial score (nSPS) is 18.1. The predicted octanol–water partition coefficient (Wildman–Crippen LogP) is 3.78. The van der Waals surface area contributed by atoms with Gasteiger partial charge in [-0.3, -0.25) is 4.99 Å². The van der Waals surface area contributed by atoms with Gasteiger partial charge in [0, 0.05) is 24.9 Å². The Kier molecular flexibility index (Phi) is 5.76. The first-order valence-corrected chi connectivity index (χ1v) is 7.48. The summed E-state index contributed by atoms with van der Waals surface area (Å²) in [7, 11) is 2.16. The third-order valence-electron chi connectivity index (χ3n) is 3.83. The van der Waals surface area contributed by atoms with Crippen LogP contribution in [0.25, 0.3) is 5.57 Å². The first-order valence-electron chi connectivity index (χ1n) is 7.48. The van der Waals surface area contributed by atoms with Crippen molar-refractivity contribution in [1.29, 1.82) is 0 Å². The molecule has 0 atom stereocenters. The van der Waals surface area contributed by atoms with E-state index in [2.05, 4.69) is 35.8 Å². The molecule has 0 N–H and O–H groups in total. The number of likely N-dealkylation sites (tertiary alicyclic amines) is 1. The Morgan fingerprint density at radius 3 is 2.71 bits per heavy atom. The molecule has 1 heterocycles. The van der Waals surface area contributed by atoms with E-state index in [4.69, 9.17) is 4.74 Å². The zero-order valence-electron chi connectivity index (χ0n) is 13.0. The van der Waals surface area contributed by atoms with Gasteiger partial charge in [-0.1, -0.05) is 24.3 Å². The van der Waals surface area contributed by atoms with Crippen molar-refractivity contribution < 1.29 is 4.74 Å². The average Bonchev–Trinajstić information content (AvgIpc) is 2.52. The Morgan fingerprint density at radius 2 is 2.05 bits per heavy atom. The molecule has 1 aromatic carbocycles. The molecule has 0 bridgehead atoms. The molecule has 1 aliphatic heterocycles. The summed E-state index contributed by atoms with van der Waals surface area (Å²) in [4.78, 5) is 6.13. The number of aliphatic imine (C=N–C) groups is 1. The molecule has 3 nitrogen and oxygen atoms in total. The average molecular weight is 284 g/mol. The summed E-state index contributed by atoms with van der Waals surface area (Å²) < 4.78 is 6.25. The van der Waals surface area contributed by atoms with Crippen LogP contribution in [0.15, 0.2) is 47.6 Å². The molecule has 0 amide bonds. The number of para-hydroxylation sites is 1. The molecule has 0 saturated carbocycles. The second-order valence-electron chi connectivity index (χ2n) is 5.36. The maximum absolute atomic E-state index is 6.25. The molecular formula is C18H24N2O. The number of rotatable bonds is 5. The van der Waals surface area contributed by atoms with Crippen molar-refractivity contribution in [3.05, 3.63) is 48.2 Å². The lowest BCUT2D eigenvalue weighted by atomic mass is 10.0. The van der Waals surface area contributed by atoms with E-state index in [-0.39, 0.29) is 0 Å². The SMILES string of the molecule is C=N/C=C\C(=C/C)c1ccccc1OC1CCN(C)CC1. The van der Waals surface area contributed by atoms with Crippen LogP contribution in [0.4, 0.5) is 0 Å². The van der Waals surface area contributed by atoms with Crippen molar-refractivity contribution in [3.8, 4) is 5.75 Å². The highest BCUT2D eigenvalue weighted by atomic mass is 16.5. The fourth-order valence-corrected chi connectivity index (χ4v) is 2.56. The Bertz CT molecular complexity index is 526. The van der Waals surface area contributed by atoms with Gasteiger partial charge in [0.1, 0.15) is 11.9 Å². The summed E-state index contributed by atoms with van der Waals surface area (Å²) in [6.45, 7) is 7.71. The molecule has 1 aliphatic rings. The van der Waals surface area contributed by atoms with E-state index in [1.807, 2.05) is 31.2 Å². The van der Waals surface area contributed by atoms with Gasteiger partial charge in [0.25, 0.3) is 0 Å². The Labute approximate surface area is 127 Å². The Hall–Kier alpha value is -1.87. The summed E-state index contributed by atoms with van der Waals surface area (Å²) in [6.07, 6.45) is 8.21. The van der Waals surface area contributed by atoms with E-state index in [1.54, 1.807) is 6.20 Å². The standard InChI is InChI=1S/C18H24N2O/c1-4-15(9-12-19-2)17-7-5-6-8-18(17)21-16-10-13-20(3)14-11-16/h4-9,12,16H,2,10-11,13-14H2,1,3H3/b12-9-,15-4+. The first kappa shape index (κ1) is 15.5. The molecule has 0 aromatic heterocycles. The topological polar surface area (TPSA) is 24.8 Å². The fraction of sp³-hybridized carbons (Fsp3) is 0.389. The summed E-state index contributed by atoms with van der Waals surface area (Å²) >= 11 is 0. The molecule has 0 aliphatic carbocycles. The highest BCUT2D eigenvalue weighted by molar-refractivity contribution is 5.77. The molecule has 0 spiro atoms. The van der Waals surface area contributed by atoms with Crippen LogP contribution in [-0.2, 0) is 0 Å². The van der Waals surface area contributed by atoms with Crippen LogP contribution in [-0.4, -0.2) is 37.9 Å². The van der Waals surface area contributed by atoms with Crippen LogP contribution in [0.1, 0.15) is 25.3 Å². The Balaban J connectivity index is 2.16. The van der Waals surface area contributed by atoms with Crippen LogP contribution in [0, 0.1) is 0 Å². The van der Waals surface area contributed by atoms with Gasteiger partial charge in [-0.25, -0.2) is 0 Å². The van der Waals surface area contributed by atoms with Crippen molar-refractivity contribution in [2.75, 3.05) is 20.1 Å². The van der Waals surface area contributed by atoms with Gasteiger partial charge in [0.2, 0.25) is 0 Å². The van der Waals surface area contributed by atoms with Gasteiger partial charge in [-0.2, -0.15) is 0 Å². The third kappa shape index (κ3) is 4.30. The molecule has 0 radical (unpaired) electrons. The maximum Gasteiger partial charge on any atom is 0.127 e. The van der Waals surface area contributed by atoms with Gasteiger partial charge in [0.15, 0.2) is 0 Å². The number of hydrogen-bond acceptors (Lipinski definition) is 3. The lowest BCUT2D eigenvalue weighted by Crippen LogP contribution is -2.35. The minimum atomic E-state index is 0.307. The van der Waals surface area contributed by atoms with E-state index in [0.29, 0.717) is 6.10 Å².